The largest absolute Gasteiger partial charge is 2.00 e. The average molecular weight is 858 g/mol. The number of hydrogen-bond acceptors (Lipinski definition) is 8. The van der Waals surface area contributed by atoms with E-state index in [1.165, 1.54) is 7.05 Å². The molecule has 0 atom stereocenters. The quantitative estimate of drug-likeness (QED) is 0.0557. The fraction of sp³-hybridized carbons (Fsp3) is 0.405. The average Bonchev–Trinajstić information content (AvgIpc) is 3.71. The molecule has 56 heavy (non-hydrogen) atoms. The van der Waals surface area contributed by atoms with Gasteiger partial charge in [-0.2, -0.15) is 4.91 Å². The Labute approximate surface area is 342 Å². The van der Waals surface area contributed by atoms with Gasteiger partial charge in [0.05, 0.1) is 29.8 Å². The van der Waals surface area contributed by atoms with Gasteiger partial charge in [-0.3, -0.25) is 14.4 Å². The Balaban J connectivity index is 0.00000262. The summed E-state index contributed by atoms with van der Waals surface area (Å²) < 4.78 is 0. The number of hydrogen-bond donors (Lipinski definition) is 4. The topological polar surface area (TPSA) is 213 Å². The van der Waals surface area contributed by atoms with Crippen molar-refractivity contribution in [3.8, 4) is 0 Å². The maximum atomic E-state index is 12.7. The van der Waals surface area contributed by atoms with E-state index in [0.29, 0.717) is 66.9 Å². The van der Waals surface area contributed by atoms with Crippen LogP contribution in [0.15, 0.2) is 48.2 Å². The standard InChI is InChI=1S/C41H52N6O5.CH3NO.Pd/c1-7-8-10-29-26(4)34-23-38-31(14-18-41(51)52)27(5)35(47-38)22-37-30(13-16-39(48)44-20-9-19-42)25(3)32(45-37)15-11-28(12-17-40(49)50)24(2)33(43-6)21-36(29)46-34;1-2-3;/h7,11,15,21-23H,1,8-10,12-14,16-20,42H2,2-6H3,(H5,43,44,45,46,47,48,49,50,51,52);1H3;/q;;+2/p-2. The third kappa shape index (κ3) is 12.8. The number of carbonyl (C=O) groups excluding carboxylic acids is 1. The minimum atomic E-state index is -0.901. The van der Waals surface area contributed by atoms with E-state index < -0.39 is 11.9 Å². The normalized spacial score (nSPS) is 11.8. The number of nitrogens with zero attached hydrogens (tertiary/aromatic N) is 5. The van der Waals surface area contributed by atoms with E-state index in [1.54, 1.807) is 7.05 Å². The van der Waals surface area contributed by atoms with Crippen LogP contribution in [0.5, 0.6) is 0 Å². The molecule has 2 aliphatic heterocycles. The molecule has 1 amide bonds. The summed E-state index contributed by atoms with van der Waals surface area (Å²) in [5.74, 6) is -1.88. The molecule has 0 unspecified atom stereocenters. The zero-order valence-electron chi connectivity index (χ0n) is 33.1. The van der Waals surface area contributed by atoms with Gasteiger partial charge in [-0.05, 0) is 107 Å². The minimum absolute atomic E-state index is 0. The van der Waals surface area contributed by atoms with Crippen LogP contribution in [0.4, 0.5) is 5.69 Å². The summed E-state index contributed by atoms with van der Waals surface area (Å²) in [6, 6.07) is 9.59. The molecule has 0 radical (unpaired) electrons. The summed E-state index contributed by atoms with van der Waals surface area (Å²) >= 11 is 0. The molecule has 2 aliphatic rings. The molecular formula is C42H53N7O6Pd. The van der Waals surface area contributed by atoms with Crippen LogP contribution in [0.25, 0.3) is 38.6 Å². The van der Waals surface area contributed by atoms with Crippen molar-refractivity contribution in [2.45, 2.75) is 85.5 Å². The summed E-state index contributed by atoms with van der Waals surface area (Å²) in [5.41, 5.74) is 17.6. The van der Waals surface area contributed by atoms with Gasteiger partial charge in [0.2, 0.25) is 5.91 Å². The second-order valence-electron chi connectivity index (χ2n) is 13.3. The smallest absolute Gasteiger partial charge is 0.687 e. The summed E-state index contributed by atoms with van der Waals surface area (Å²) in [4.78, 5) is 59.8. The minimum Gasteiger partial charge on any atom is -0.687 e. The predicted octanol–water partition coefficient (Wildman–Crippen LogP) is 7.76. The van der Waals surface area contributed by atoms with Crippen molar-refractivity contribution in [3.63, 3.8) is 0 Å². The Bertz CT molecular complexity index is 2050. The van der Waals surface area contributed by atoms with Gasteiger partial charge in [-0.25, -0.2) is 9.97 Å². The van der Waals surface area contributed by atoms with Gasteiger partial charge < -0.3 is 31.6 Å². The van der Waals surface area contributed by atoms with Crippen molar-refractivity contribution in [2.75, 3.05) is 27.2 Å². The Hall–Kier alpha value is -5.03. The van der Waals surface area contributed by atoms with E-state index in [1.807, 2.05) is 64.1 Å². The fourth-order valence-corrected chi connectivity index (χ4v) is 6.48. The Morgan fingerprint density at radius 3 is 2.07 bits per heavy atom. The van der Waals surface area contributed by atoms with Gasteiger partial charge in [0.1, 0.15) is 0 Å². The number of aryl methyl sites for hydroxylation is 3. The molecule has 6 bridgehead atoms. The molecule has 0 saturated heterocycles. The van der Waals surface area contributed by atoms with Crippen LogP contribution in [0.3, 0.4) is 0 Å². The number of carboxylic acid groups (broad SMARTS) is 2. The first kappa shape index (κ1) is 47.1. The second kappa shape index (κ2) is 23.1. The summed E-state index contributed by atoms with van der Waals surface area (Å²) in [7, 11) is 2.90. The maximum Gasteiger partial charge on any atom is 2.00 e. The molecule has 2 aromatic rings. The van der Waals surface area contributed by atoms with Crippen molar-refractivity contribution < 1.29 is 45.0 Å². The number of nitrogens with two attached hydrogens (primary N) is 1. The van der Waals surface area contributed by atoms with Crippen LogP contribution in [0, 0.1) is 18.8 Å². The monoisotopic (exact) mass is 857 g/mol. The molecular weight excluding hydrogens is 805 g/mol. The van der Waals surface area contributed by atoms with Crippen molar-refractivity contribution >= 4 is 56.9 Å². The number of amides is 1. The van der Waals surface area contributed by atoms with E-state index in [-0.39, 0.29) is 52.0 Å². The summed E-state index contributed by atoms with van der Waals surface area (Å²) in [6.07, 6.45) is 5.18. The molecule has 0 saturated carbocycles. The van der Waals surface area contributed by atoms with Crippen LogP contribution < -0.4 is 16.0 Å². The number of nitroso groups, excluding NO2 is 1. The van der Waals surface area contributed by atoms with Gasteiger partial charge in [0, 0.05) is 25.8 Å². The Morgan fingerprint density at radius 1 is 0.857 bits per heavy atom. The van der Waals surface area contributed by atoms with Gasteiger partial charge in [-0.1, -0.05) is 52.2 Å². The van der Waals surface area contributed by atoms with Crippen LogP contribution >= 0.6 is 0 Å². The molecule has 0 spiro atoms. The first-order chi connectivity index (χ1) is 26.3. The van der Waals surface area contributed by atoms with Crippen LogP contribution in [-0.2, 0) is 47.6 Å². The van der Waals surface area contributed by atoms with E-state index in [2.05, 4.69) is 22.4 Å². The molecule has 4 rings (SSSR count). The SMILES string of the molecule is C=CCCC1=C(C)c2cc3[n-]c(cc4nc(ccc(CCC(=O)O)c(C)c([N-]C)cc1n2)C(C)=C4CCC(=O)NCCCN)c(C)c3CCC(=O)O.CN=O.[Pd+2]. The number of carbonyl (C=O) groups is 3. The fourth-order valence-electron chi connectivity index (χ4n) is 6.48. The first-order valence-electron chi connectivity index (χ1n) is 18.4. The number of nitrogens with one attached hydrogen (secondary N) is 1. The van der Waals surface area contributed by atoms with Crippen molar-refractivity contribution in [3.05, 3.63) is 98.2 Å². The maximum absolute atomic E-state index is 12.7. The number of carboxylic acids is 2. The molecule has 4 heterocycles. The molecule has 0 fully saturated rings. The molecule has 0 aromatic carbocycles. The molecule has 302 valence electrons. The Kier molecular flexibility index (Phi) is 19.5. The Morgan fingerprint density at radius 2 is 1.45 bits per heavy atom. The number of aromatic nitrogens is 3. The zero-order chi connectivity index (χ0) is 40.7. The number of fused-ring (bicyclic) bond motifs is 6. The molecule has 0 aliphatic carbocycles. The van der Waals surface area contributed by atoms with Crippen LogP contribution in [-0.4, -0.2) is 65.2 Å². The van der Waals surface area contributed by atoms with E-state index in [0.717, 1.165) is 62.4 Å². The number of rotatable bonds is 16. The zero-order valence-corrected chi connectivity index (χ0v) is 34.7. The predicted molar refractivity (Wildman–Crippen MR) is 219 cm³/mol. The number of allylic oxidation sites excluding steroid dienone is 5. The molecule has 14 heteroatoms. The van der Waals surface area contributed by atoms with E-state index in [4.69, 9.17) is 25.6 Å². The van der Waals surface area contributed by atoms with Crippen molar-refractivity contribution in [1.29, 1.82) is 0 Å². The third-order valence-electron chi connectivity index (χ3n) is 9.63. The van der Waals surface area contributed by atoms with E-state index in [9.17, 15) is 24.6 Å². The van der Waals surface area contributed by atoms with Gasteiger partial charge in [-0.15, -0.1) is 30.3 Å². The number of aliphatic carboxylic acids is 2. The van der Waals surface area contributed by atoms with Gasteiger partial charge in [0.25, 0.3) is 0 Å². The van der Waals surface area contributed by atoms with Gasteiger partial charge >= 0.3 is 32.4 Å². The summed E-state index contributed by atoms with van der Waals surface area (Å²) in [6.45, 7) is 12.8. The third-order valence-corrected chi connectivity index (χ3v) is 9.63. The van der Waals surface area contributed by atoms with Gasteiger partial charge in [0.15, 0.2) is 0 Å². The summed E-state index contributed by atoms with van der Waals surface area (Å²) in [5, 5.41) is 29.0. The molecule has 2 aromatic heterocycles. The molecule has 13 nitrogen and oxygen atoms in total. The first-order valence-corrected chi connectivity index (χ1v) is 18.4. The van der Waals surface area contributed by atoms with Crippen LogP contribution in [0.2, 0.25) is 0 Å². The van der Waals surface area contributed by atoms with Crippen molar-refractivity contribution in [2.24, 2.45) is 10.9 Å². The molecule has 5 N–H and O–H groups in total. The van der Waals surface area contributed by atoms with E-state index >= 15 is 0 Å². The second-order valence-corrected chi connectivity index (χ2v) is 13.3. The van der Waals surface area contributed by atoms with Crippen molar-refractivity contribution in [1.82, 2.24) is 20.3 Å². The van der Waals surface area contributed by atoms with Crippen LogP contribution in [0.1, 0.15) is 104 Å².